The van der Waals surface area contributed by atoms with Crippen molar-refractivity contribution in [2.45, 2.75) is 46.1 Å². The fourth-order valence-electron chi connectivity index (χ4n) is 2.84. The molecule has 1 amide bonds. The van der Waals surface area contributed by atoms with Gasteiger partial charge in [-0.2, -0.15) is 0 Å². The number of rotatable bonds is 3. The van der Waals surface area contributed by atoms with Gasteiger partial charge in [-0.3, -0.25) is 4.79 Å². The van der Waals surface area contributed by atoms with Gasteiger partial charge < -0.3 is 11.1 Å². The third-order valence-electron chi connectivity index (χ3n) is 3.93. The molecule has 98 valence electrons. The lowest BCUT2D eigenvalue weighted by Crippen LogP contribution is -2.19. The number of amides is 1. The quantitative estimate of drug-likeness (QED) is 0.861. The van der Waals surface area contributed by atoms with Gasteiger partial charge in [0, 0.05) is 17.3 Å². The van der Waals surface area contributed by atoms with Crippen molar-refractivity contribution in [2.75, 3.05) is 5.32 Å². The van der Waals surface area contributed by atoms with E-state index in [0.717, 1.165) is 11.3 Å². The second kappa shape index (κ2) is 4.63. The van der Waals surface area contributed by atoms with Crippen LogP contribution in [0.1, 0.15) is 49.0 Å². The summed E-state index contributed by atoms with van der Waals surface area (Å²) in [5.74, 6) is -0.358. The number of benzene rings is 1. The first kappa shape index (κ1) is 12.9. The first-order chi connectivity index (χ1) is 8.39. The molecule has 0 saturated heterocycles. The molecule has 1 aromatic rings. The third kappa shape index (κ3) is 2.66. The highest BCUT2D eigenvalue weighted by atomic mass is 16.1. The second-order valence-electron chi connectivity index (χ2n) is 6.09. The number of carbonyl (C=O) groups excluding carboxylic acids is 1. The summed E-state index contributed by atoms with van der Waals surface area (Å²) < 4.78 is 0. The minimum absolute atomic E-state index is 0.358. The maximum atomic E-state index is 11.3. The van der Waals surface area contributed by atoms with Gasteiger partial charge in [-0.05, 0) is 49.3 Å². The van der Waals surface area contributed by atoms with E-state index < -0.39 is 0 Å². The number of nitrogens with one attached hydrogen (secondary N) is 1. The molecule has 3 heteroatoms. The number of carbonyl (C=O) groups is 1. The number of primary amides is 1. The van der Waals surface area contributed by atoms with Gasteiger partial charge in [0.2, 0.25) is 5.91 Å². The Bertz CT molecular complexity index is 466. The number of hydrogen-bond acceptors (Lipinski definition) is 2. The van der Waals surface area contributed by atoms with Crippen molar-refractivity contribution in [1.29, 1.82) is 0 Å². The molecule has 1 fully saturated rings. The van der Waals surface area contributed by atoms with Gasteiger partial charge in [-0.25, -0.2) is 0 Å². The molecule has 1 aromatic carbocycles. The van der Waals surface area contributed by atoms with Crippen LogP contribution in [-0.4, -0.2) is 11.9 Å². The average Bonchev–Trinajstić information content (AvgIpc) is 2.61. The summed E-state index contributed by atoms with van der Waals surface area (Å²) in [5, 5.41) is 3.55. The Morgan fingerprint density at radius 3 is 2.72 bits per heavy atom. The van der Waals surface area contributed by atoms with Gasteiger partial charge >= 0.3 is 0 Å². The van der Waals surface area contributed by atoms with Crippen LogP contribution in [0.25, 0.3) is 0 Å². The Hall–Kier alpha value is -1.51. The van der Waals surface area contributed by atoms with Crippen LogP contribution in [0.15, 0.2) is 18.2 Å². The lowest BCUT2D eigenvalue weighted by Gasteiger charge is -2.20. The molecule has 2 rings (SSSR count). The second-order valence-corrected chi connectivity index (χ2v) is 6.09. The van der Waals surface area contributed by atoms with Crippen molar-refractivity contribution in [3.8, 4) is 0 Å². The molecule has 0 radical (unpaired) electrons. The molecule has 0 spiro atoms. The van der Waals surface area contributed by atoms with E-state index in [2.05, 4.69) is 19.2 Å². The van der Waals surface area contributed by atoms with Crippen LogP contribution in [0.4, 0.5) is 5.69 Å². The smallest absolute Gasteiger partial charge is 0.249 e. The lowest BCUT2D eigenvalue weighted by atomic mass is 9.92. The van der Waals surface area contributed by atoms with Crippen molar-refractivity contribution in [2.24, 2.45) is 11.1 Å². The summed E-state index contributed by atoms with van der Waals surface area (Å²) in [6.45, 7) is 6.56. The fourth-order valence-corrected chi connectivity index (χ4v) is 2.84. The summed E-state index contributed by atoms with van der Waals surface area (Å²) in [7, 11) is 0. The van der Waals surface area contributed by atoms with E-state index in [1.54, 1.807) is 6.07 Å². The van der Waals surface area contributed by atoms with Crippen LogP contribution in [0.5, 0.6) is 0 Å². The zero-order chi connectivity index (χ0) is 13.3. The molecule has 0 heterocycles. The zero-order valence-electron chi connectivity index (χ0n) is 11.4. The molecule has 1 atom stereocenters. The van der Waals surface area contributed by atoms with Crippen molar-refractivity contribution in [3.63, 3.8) is 0 Å². The van der Waals surface area contributed by atoms with E-state index in [4.69, 9.17) is 5.73 Å². The highest BCUT2D eigenvalue weighted by molar-refractivity contribution is 5.95. The number of anilines is 1. The molecule has 0 aromatic heterocycles. The summed E-state index contributed by atoms with van der Waals surface area (Å²) >= 11 is 0. The summed E-state index contributed by atoms with van der Waals surface area (Å²) in [6.07, 6.45) is 3.61. The predicted molar refractivity (Wildman–Crippen MR) is 74.7 cm³/mol. The monoisotopic (exact) mass is 246 g/mol. The van der Waals surface area contributed by atoms with Crippen molar-refractivity contribution >= 4 is 11.6 Å². The van der Waals surface area contributed by atoms with Gasteiger partial charge in [0.1, 0.15) is 0 Å². The Morgan fingerprint density at radius 1 is 1.44 bits per heavy atom. The van der Waals surface area contributed by atoms with E-state index in [0.29, 0.717) is 17.0 Å². The van der Waals surface area contributed by atoms with Crippen LogP contribution < -0.4 is 11.1 Å². The van der Waals surface area contributed by atoms with Gasteiger partial charge in [-0.15, -0.1) is 0 Å². The Labute approximate surface area is 109 Å². The number of hydrogen-bond donors (Lipinski definition) is 2. The van der Waals surface area contributed by atoms with E-state index in [9.17, 15) is 4.79 Å². The minimum atomic E-state index is -0.358. The van der Waals surface area contributed by atoms with Gasteiger partial charge in [-0.1, -0.05) is 19.9 Å². The average molecular weight is 246 g/mol. The maximum absolute atomic E-state index is 11.3. The van der Waals surface area contributed by atoms with E-state index in [1.807, 2.05) is 19.1 Å². The molecular weight excluding hydrogens is 224 g/mol. The SMILES string of the molecule is Cc1c(NC2CCC(C)(C)C2)cccc1C(N)=O. The molecule has 1 saturated carbocycles. The van der Waals surface area contributed by atoms with Crippen molar-refractivity contribution in [1.82, 2.24) is 0 Å². The van der Waals surface area contributed by atoms with Crippen LogP contribution in [0.2, 0.25) is 0 Å². The minimum Gasteiger partial charge on any atom is -0.382 e. The Kier molecular flexibility index (Phi) is 3.33. The van der Waals surface area contributed by atoms with Gasteiger partial charge in [0.05, 0.1) is 0 Å². The molecule has 3 nitrogen and oxygen atoms in total. The van der Waals surface area contributed by atoms with E-state index in [-0.39, 0.29) is 5.91 Å². The summed E-state index contributed by atoms with van der Waals surface area (Å²) in [6, 6.07) is 6.19. The van der Waals surface area contributed by atoms with E-state index in [1.165, 1.54) is 19.3 Å². The van der Waals surface area contributed by atoms with Crippen LogP contribution in [0.3, 0.4) is 0 Å². The zero-order valence-corrected chi connectivity index (χ0v) is 11.4. The van der Waals surface area contributed by atoms with Crippen LogP contribution in [-0.2, 0) is 0 Å². The maximum Gasteiger partial charge on any atom is 0.249 e. The standard InChI is InChI=1S/C15H22N2O/c1-10-12(14(16)18)5-4-6-13(10)17-11-7-8-15(2,3)9-11/h4-6,11,17H,7-9H2,1-3H3,(H2,16,18). The van der Waals surface area contributed by atoms with E-state index >= 15 is 0 Å². The molecule has 3 N–H and O–H groups in total. The topological polar surface area (TPSA) is 55.1 Å². The lowest BCUT2D eigenvalue weighted by molar-refractivity contribution is 0.1000. The van der Waals surface area contributed by atoms with Gasteiger partial charge in [0.25, 0.3) is 0 Å². The Morgan fingerprint density at radius 2 is 2.17 bits per heavy atom. The largest absolute Gasteiger partial charge is 0.382 e. The predicted octanol–water partition coefficient (Wildman–Crippen LogP) is 3.08. The first-order valence-electron chi connectivity index (χ1n) is 6.55. The molecule has 18 heavy (non-hydrogen) atoms. The van der Waals surface area contributed by atoms with Gasteiger partial charge in [0.15, 0.2) is 0 Å². The first-order valence-corrected chi connectivity index (χ1v) is 6.55. The normalized spacial score (nSPS) is 21.8. The summed E-state index contributed by atoms with van der Waals surface area (Å²) in [5.41, 5.74) is 8.39. The van der Waals surface area contributed by atoms with Crippen molar-refractivity contribution < 1.29 is 4.79 Å². The molecule has 0 aliphatic heterocycles. The van der Waals surface area contributed by atoms with Crippen molar-refractivity contribution in [3.05, 3.63) is 29.3 Å². The molecule has 0 bridgehead atoms. The molecular formula is C15H22N2O. The fraction of sp³-hybridized carbons (Fsp3) is 0.533. The van der Waals surface area contributed by atoms with Crippen LogP contribution in [0, 0.1) is 12.3 Å². The van der Waals surface area contributed by atoms with Crippen LogP contribution >= 0.6 is 0 Å². The highest BCUT2D eigenvalue weighted by Crippen LogP contribution is 2.38. The molecule has 1 aliphatic rings. The number of nitrogens with two attached hydrogens (primary N) is 1. The molecule has 1 unspecified atom stereocenters. The molecule has 1 aliphatic carbocycles. The Balaban J connectivity index is 2.15. The highest BCUT2D eigenvalue weighted by Gasteiger charge is 2.30. The third-order valence-corrected chi connectivity index (χ3v) is 3.93. The summed E-state index contributed by atoms with van der Waals surface area (Å²) in [4.78, 5) is 11.3.